The van der Waals surface area contributed by atoms with E-state index >= 15 is 0 Å². The van der Waals surface area contributed by atoms with E-state index in [1.165, 1.54) is 0 Å². The maximum atomic E-state index is 12.2. The predicted molar refractivity (Wildman–Crippen MR) is 84.9 cm³/mol. The van der Waals surface area contributed by atoms with Gasteiger partial charge in [0.2, 0.25) is 0 Å². The van der Waals surface area contributed by atoms with Crippen molar-refractivity contribution in [2.45, 2.75) is 13.3 Å². The highest BCUT2D eigenvalue weighted by molar-refractivity contribution is 6.33. The maximum absolute atomic E-state index is 12.2. The van der Waals surface area contributed by atoms with Crippen molar-refractivity contribution in [3.05, 3.63) is 40.6 Å². The van der Waals surface area contributed by atoms with Gasteiger partial charge in [0.15, 0.2) is 0 Å². The predicted octanol–water partition coefficient (Wildman–Crippen LogP) is 2.80. The Morgan fingerprint density at radius 3 is 2.81 bits per heavy atom. The van der Waals surface area contributed by atoms with Crippen LogP contribution in [0.15, 0.2) is 28.8 Å². The molecule has 5 nitrogen and oxygen atoms in total. The Morgan fingerprint density at radius 1 is 1.43 bits per heavy atom. The Labute approximate surface area is 134 Å². The van der Waals surface area contributed by atoms with Crippen molar-refractivity contribution in [3.63, 3.8) is 0 Å². The molecule has 0 atom stereocenters. The molecule has 0 aliphatic heterocycles. The van der Waals surface area contributed by atoms with Gasteiger partial charge in [0.05, 0.1) is 5.02 Å². The number of nitrogens with zero attached hydrogens (tertiary/aromatic N) is 1. The van der Waals surface area contributed by atoms with E-state index in [0.717, 1.165) is 6.42 Å². The smallest absolute Gasteiger partial charge is 0.257 e. The average molecular weight is 330 g/mol. The van der Waals surface area contributed by atoms with Crippen LogP contribution in [0, 0.1) is 6.92 Å². The molecule has 0 spiro atoms. The van der Waals surface area contributed by atoms with E-state index in [2.05, 4.69) is 10.5 Å². The number of hydrogen-bond acceptors (Lipinski definition) is 4. The lowest BCUT2D eigenvalue weighted by molar-refractivity contribution is 0.0952. The number of carbonyl (C=O) groups excluding carboxylic acids is 1. The minimum absolute atomic E-state index is 0. The number of halogens is 2. The number of nitrogens with two attached hydrogens (primary N) is 1. The zero-order valence-electron chi connectivity index (χ0n) is 11.6. The molecule has 0 bridgehead atoms. The van der Waals surface area contributed by atoms with Crippen LogP contribution in [0.5, 0.6) is 0 Å². The lowest BCUT2D eigenvalue weighted by Gasteiger charge is -2.05. The summed E-state index contributed by atoms with van der Waals surface area (Å²) < 4.78 is 5.14. The summed E-state index contributed by atoms with van der Waals surface area (Å²) in [5.41, 5.74) is 6.95. The van der Waals surface area contributed by atoms with Crippen molar-refractivity contribution in [2.75, 3.05) is 13.1 Å². The van der Waals surface area contributed by atoms with Gasteiger partial charge in [0, 0.05) is 12.1 Å². The third kappa shape index (κ3) is 3.97. The van der Waals surface area contributed by atoms with E-state index in [1.54, 1.807) is 19.1 Å². The first-order valence-electron chi connectivity index (χ1n) is 6.34. The lowest BCUT2D eigenvalue weighted by Crippen LogP contribution is -2.26. The summed E-state index contributed by atoms with van der Waals surface area (Å²) in [5.74, 6) is 0.234. The standard InChI is InChI=1S/C14H16ClN3O2.ClH/c1-9-12(14(19)17-8-4-7-16)13(18-20-9)10-5-2-3-6-11(10)15;/h2-3,5-6H,4,7-8,16H2,1H3,(H,17,19);1H. The van der Waals surface area contributed by atoms with Gasteiger partial charge in [-0.1, -0.05) is 35.0 Å². The van der Waals surface area contributed by atoms with Crippen molar-refractivity contribution < 1.29 is 9.32 Å². The van der Waals surface area contributed by atoms with Gasteiger partial charge in [0.1, 0.15) is 17.0 Å². The number of aromatic nitrogens is 1. The zero-order chi connectivity index (χ0) is 14.5. The van der Waals surface area contributed by atoms with Crippen molar-refractivity contribution in [1.29, 1.82) is 0 Å². The molecule has 0 aliphatic rings. The van der Waals surface area contributed by atoms with E-state index in [1.807, 2.05) is 12.1 Å². The van der Waals surface area contributed by atoms with Gasteiger partial charge < -0.3 is 15.6 Å². The largest absolute Gasteiger partial charge is 0.360 e. The summed E-state index contributed by atoms with van der Waals surface area (Å²) in [6.45, 7) is 2.74. The molecule has 7 heteroatoms. The number of amides is 1. The molecule has 0 fully saturated rings. The molecule has 1 heterocycles. The molecule has 2 rings (SSSR count). The highest BCUT2D eigenvalue weighted by atomic mass is 35.5. The van der Waals surface area contributed by atoms with Crippen LogP contribution in [0.1, 0.15) is 22.5 Å². The van der Waals surface area contributed by atoms with Crippen molar-refractivity contribution in [2.24, 2.45) is 5.73 Å². The highest BCUT2D eigenvalue weighted by Crippen LogP contribution is 2.30. The van der Waals surface area contributed by atoms with E-state index < -0.39 is 0 Å². The molecule has 0 radical (unpaired) electrons. The van der Waals surface area contributed by atoms with Crippen LogP contribution >= 0.6 is 24.0 Å². The molecule has 0 saturated heterocycles. The number of benzene rings is 1. The van der Waals surface area contributed by atoms with Gasteiger partial charge in [-0.2, -0.15) is 0 Å². The van der Waals surface area contributed by atoms with Gasteiger partial charge in [-0.25, -0.2) is 0 Å². The molecule has 114 valence electrons. The molecule has 0 aliphatic carbocycles. The number of aryl methyl sites for hydroxylation is 1. The van der Waals surface area contributed by atoms with E-state index in [9.17, 15) is 4.79 Å². The summed E-state index contributed by atoms with van der Waals surface area (Å²) in [4.78, 5) is 12.2. The van der Waals surface area contributed by atoms with Crippen molar-refractivity contribution >= 4 is 29.9 Å². The first-order valence-corrected chi connectivity index (χ1v) is 6.72. The second kappa shape index (κ2) is 8.02. The summed E-state index contributed by atoms with van der Waals surface area (Å²) in [6.07, 6.45) is 0.720. The van der Waals surface area contributed by atoms with Gasteiger partial charge in [-0.3, -0.25) is 4.79 Å². The van der Waals surface area contributed by atoms with Crippen LogP contribution in [0.25, 0.3) is 11.3 Å². The number of carbonyl (C=O) groups is 1. The summed E-state index contributed by atoms with van der Waals surface area (Å²) >= 11 is 6.14. The molecule has 1 aromatic heterocycles. The normalized spacial score (nSPS) is 10.0. The topological polar surface area (TPSA) is 81.2 Å². The highest BCUT2D eigenvalue weighted by Gasteiger charge is 2.22. The Hall–Kier alpha value is -1.56. The summed E-state index contributed by atoms with van der Waals surface area (Å²) in [6, 6.07) is 7.20. The zero-order valence-corrected chi connectivity index (χ0v) is 13.1. The summed E-state index contributed by atoms with van der Waals surface area (Å²) in [5, 5.41) is 7.27. The average Bonchev–Trinajstić information content (AvgIpc) is 2.81. The van der Waals surface area contributed by atoms with E-state index in [4.69, 9.17) is 21.9 Å². The second-order valence-electron chi connectivity index (χ2n) is 4.34. The molecular formula is C14H17Cl2N3O2. The van der Waals surface area contributed by atoms with Gasteiger partial charge in [-0.05, 0) is 26.0 Å². The quantitative estimate of drug-likeness (QED) is 0.826. The monoisotopic (exact) mass is 329 g/mol. The number of hydrogen-bond donors (Lipinski definition) is 2. The fourth-order valence-corrected chi connectivity index (χ4v) is 2.09. The SMILES string of the molecule is Cc1onc(-c2ccccc2Cl)c1C(=O)NCCCN.Cl. The fourth-order valence-electron chi connectivity index (χ4n) is 1.87. The summed E-state index contributed by atoms with van der Waals surface area (Å²) in [7, 11) is 0. The third-order valence-electron chi connectivity index (χ3n) is 2.89. The van der Waals surface area contributed by atoms with E-state index in [0.29, 0.717) is 40.7 Å². The minimum Gasteiger partial charge on any atom is -0.360 e. The van der Waals surface area contributed by atoms with Crippen LogP contribution in [-0.4, -0.2) is 24.2 Å². The Kier molecular flexibility index (Phi) is 6.68. The van der Waals surface area contributed by atoms with Crippen molar-refractivity contribution in [3.8, 4) is 11.3 Å². The molecule has 2 aromatic rings. The molecular weight excluding hydrogens is 313 g/mol. The second-order valence-corrected chi connectivity index (χ2v) is 4.75. The van der Waals surface area contributed by atoms with Crippen LogP contribution in [-0.2, 0) is 0 Å². The Balaban J connectivity index is 0.00000220. The van der Waals surface area contributed by atoms with Gasteiger partial charge >= 0.3 is 0 Å². The van der Waals surface area contributed by atoms with Crippen LogP contribution in [0.2, 0.25) is 5.02 Å². The number of nitrogens with one attached hydrogen (secondary N) is 1. The minimum atomic E-state index is -0.230. The molecule has 3 N–H and O–H groups in total. The molecule has 0 unspecified atom stereocenters. The first kappa shape index (κ1) is 17.5. The van der Waals surface area contributed by atoms with E-state index in [-0.39, 0.29) is 18.3 Å². The van der Waals surface area contributed by atoms with Crippen LogP contribution in [0.3, 0.4) is 0 Å². The third-order valence-corrected chi connectivity index (χ3v) is 3.21. The van der Waals surface area contributed by atoms with Crippen LogP contribution < -0.4 is 11.1 Å². The molecule has 1 amide bonds. The molecule has 0 saturated carbocycles. The maximum Gasteiger partial charge on any atom is 0.257 e. The van der Waals surface area contributed by atoms with Gasteiger partial charge in [-0.15, -0.1) is 12.4 Å². The van der Waals surface area contributed by atoms with Crippen molar-refractivity contribution in [1.82, 2.24) is 10.5 Å². The Morgan fingerprint density at radius 2 is 2.14 bits per heavy atom. The molecule has 1 aromatic carbocycles. The number of rotatable bonds is 5. The van der Waals surface area contributed by atoms with Crippen LogP contribution in [0.4, 0.5) is 0 Å². The van der Waals surface area contributed by atoms with Gasteiger partial charge in [0.25, 0.3) is 5.91 Å². The fraction of sp³-hybridized carbons (Fsp3) is 0.286. The Bertz CT molecular complexity index is 614. The first-order chi connectivity index (χ1) is 9.65. The lowest BCUT2D eigenvalue weighted by atomic mass is 10.1. The molecule has 21 heavy (non-hydrogen) atoms.